The van der Waals surface area contributed by atoms with Gasteiger partial charge in [0.15, 0.2) is 5.82 Å². The second-order valence-corrected chi connectivity index (χ2v) is 6.36. The highest BCUT2D eigenvalue weighted by Gasteiger charge is 2.08. The van der Waals surface area contributed by atoms with E-state index in [0.29, 0.717) is 16.4 Å². The molecular weight excluding hydrogens is 360 g/mol. The Morgan fingerprint density at radius 3 is 2.59 bits per heavy atom. The van der Waals surface area contributed by atoms with Crippen molar-refractivity contribution in [2.24, 2.45) is 0 Å². The number of nitrogens with zero attached hydrogens (tertiary/aromatic N) is 4. The van der Waals surface area contributed by atoms with E-state index in [9.17, 15) is 0 Å². The molecule has 3 rings (SSSR count). The molecule has 0 bridgehead atoms. The summed E-state index contributed by atoms with van der Waals surface area (Å²) < 4.78 is 0. The molecule has 2 N–H and O–H groups in total. The van der Waals surface area contributed by atoms with Crippen molar-refractivity contribution in [2.75, 3.05) is 23.7 Å². The molecule has 136 valence electrons. The van der Waals surface area contributed by atoms with E-state index in [4.69, 9.17) is 16.9 Å². The van der Waals surface area contributed by atoms with Crippen molar-refractivity contribution in [1.29, 1.82) is 5.26 Å². The van der Waals surface area contributed by atoms with Gasteiger partial charge in [0.2, 0.25) is 0 Å². The Balaban J connectivity index is 1.54. The Bertz CT molecular complexity index is 949. The first-order valence-corrected chi connectivity index (χ1v) is 8.97. The van der Waals surface area contributed by atoms with Gasteiger partial charge in [0, 0.05) is 36.6 Å². The van der Waals surface area contributed by atoms with Gasteiger partial charge in [-0.15, -0.1) is 0 Å². The van der Waals surface area contributed by atoms with E-state index < -0.39 is 0 Å². The van der Waals surface area contributed by atoms with Crippen LogP contribution in [-0.4, -0.2) is 28.0 Å². The second-order valence-electron chi connectivity index (χ2n) is 5.96. The highest BCUT2D eigenvalue weighted by Crippen LogP contribution is 2.26. The van der Waals surface area contributed by atoms with Gasteiger partial charge in [-0.3, -0.25) is 0 Å². The van der Waals surface area contributed by atoms with Crippen LogP contribution in [0.25, 0.3) is 11.4 Å². The van der Waals surface area contributed by atoms with Crippen molar-refractivity contribution in [3.63, 3.8) is 0 Å². The number of nitriles is 1. The zero-order chi connectivity index (χ0) is 19.1. The SMILES string of the molecule is Cc1cnc(-c2ccccc2Cl)nc1NCCCNc1ccc(C#N)cn1. The minimum atomic E-state index is 0.552. The number of benzene rings is 1. The van der Waals surface area contributed by atoms with Crippen LogP contribution in [0, 0.1) is 18.3 Å². The number of pyridine rings is 1. The van der Waals surface area contributed by atoms with E-state index in [2.05, 4.69) is 31.7 Å². The molecule has 2 aromatic heterocycles. The lowest BCUT2D eigenvalue weighted by Crippen LogP contribution is -2.11. The standard InChI is InChI=1S/C20H19ClN6/c1-14-12-26-20(16-5-2-3-6-17(16)21)27-19(14)24-10-4-9-23-18-8-7-15(11-22)13-25-18/h2-3,5-8,12-13H,4,9-10H2,1H3,(H,23,25)(H,24,26,27). The molecule has 3 aromatic rings. The van der Waals surface area contributed by atoms with Crippen LogP contribution in [0.3, 0.4) is 0 Å². The van der Waals surface area contributed by atoms with Crippen molar-refractivity contribution in [3.05, 3.63) is 64.9 Å². The Morgan fingerprint density at radius 1 is 1.04 bits per heavy atom. The van der Waals surface area contributed by atoms with Crippen molar-refractivity contribution in [1.82, 2.24) is 15.0 Å². The van der Waals surface area contributed by atoms with Crippen LogP contribution in [0.4, 0.5) is 11.6 Å². The molecule has 0 spiro atoms. The smallest absolute Gasteiger partial charge is 0.163 e. The molecule has 0 unspecified atom stereocenters. The normalized spacial score (nSPS) is 10.3. The van der Waals surface area contributed by atoms with Gasteiger partial charge < -0.3 is 10.6 Å². The number of hydrogen-bond acceptors (Lipinski definition) is 6. The van der Waals surface area contributed by atoms with Gasteiger partial charge in [-0.25, -0.2) is 15.0 Å². The van der Waals surface area contributed by atoms with E-state index in [0.717, 1.165) is 42.3 Å². The summed E-state index contributed by atoms with van der Waals surface area (Å²) in [5, 5.41) is 16.0. The van der Waals surface area contributed by atoms with Crippen LogP contribution in [0.15, 0.2) is 48.8 Å². The van der Waals surface area contributed by atoms with Crippen molar-refractivity contribution >= 4 is 23.2 Å². The zero-order valence-corrected chi connectivity index (χ0v) is 15.7. The Kier molecular flexibility index (Phi) is 6.18. The summed E-state index contributed by atoms with van der Waals surface area (Å²) in [5.74, 6) is 2.17. The summed E-state index contributed by atoms with van der Waals surface area (Å²) in [4.78, 5) is 13.2. The van der Waals surface area contributed by atoms with E-state index in [1.807, 2.05) is 31.2 Å². The Morgan fingerprint density at radius 2 is 1.85 bits per heavy atom. The number of nitrogens with one attached hydrogen (secondary N) is 2. The lowest BCUT2D eigenvalue weighted by molar-refractivity contribution is 0.895. The van der Waals surface area contributed by atoms with Crippen LogP contribution in [0.1, 0.15) is 17.5 Å². The average Bonchev–Trinajstić information content (AvgIpc) is 2.70. The van der Waals surface area contributed by atoms with Gasteiger partial charge in [0.25, 0.3) is 0 Å². The van der Waals surface area contributed by atoms with Gasteiger partial charge >= 0.3 is 0 Å². The van der Waals surface area contributed by atoms with Gasteiger partial charge in [-0.1, -0.05) is 23.7 Å². The molecular formula is C20H19ClN6. The number of aromatic nitrogens is 3. The largest absolute Gasteiger partial charge is 0.370 e. The van der Waals surface area contributed by atoms with Crippen molar-refractivity contribution in [2.45, 2.75) is 13.3 Å². The molecule has 0 amide bonds. The van der Waals surface area contributed by atoms with E-state index in [1.165, 1.54) is 0 Å². The van der Waals surface area contributed by atoms with Crippen LogP contribution < -0.4 is 10.6 Å². The molecule has 7 heteroatoms. The molecule has 0 aliphatic carbocycles. The number of aryl methyl sites for hydroxylation is 1. The summed E-state index contributed by atoms with van der Waals surface area (Å²) in [7, 11) is 0. The summed E-state index contributed by atoms with van der Waals surface area (Å²) in [6.07, 6.45) is 4.24. The minimum Gasteiger partial charge on any atom is -0.370 e. The lowest BCUT2D eigenvalue weighted by atomic mass is 10.2. The molecule has 0 aliphatic rings. The van der Waals surface area contributed by atoms with Gasteiger partial charge in [-0.2, -0.15) is 5.26 Å². The highest BCUT2D eigenvalue weighted by atomic mass is 35.5. The number of rotatable bonds is 7. The summed E-state index contributed by atoms with van der Waals surface area (Å²) in [6.45, 7) is 3.48. The van der Waals surface area contributed by atoms with E-state index in [-0.39, 0.29) is 0 Å². The van der Waals surface area contributed by atoms with Gasteiger partial charge in [0.1, 0.15) is 17.7 Å². The fourth-order valence-corrected chi connectivity index (χ4v) is 2.69. The second kappa shape index (κ2) is 8.97. The molecule has 2 heterocycles. The summed E-state index contributed by atoms with van der Waals surface area (Å²) >= 11 is 6.24. The average molecular weight is 379 g/mol. The van der Waals surface area contributed by atoms with Crippen molar-refractivity contribution in [3.8, 4) is 17.5 Å². The topological polar surface area (TPSA) is 86.5 Å². The molecule has 0 saturated carbocycles. The fraction of sp³-hybridized carbons (Fsp3) is 0.200. The quantitative estimate of drug-likeness (QED) is 0.596. The molecule has 0 saturated heterocycles. The monoisotopic (exact) mass is 378 g/mol. The maximum Gasteiger partial charge on any atom is 0.163 e. The van der Waals surface area contributed by atoms with E-state index in [1.54, 1.807) is 24.5 Å². The van der Waals surface area contributed by atoms with Crippen molar-refractivity contribution < 1.29 is 0 Å². The first-order chi connectivity index (χ1) is 13.2. The number of hydrogen-bond donors (Lipinski definition) is 2. The predicted molar refractivity (Wildman–Crippen MR) is 108 cm³/mol. The molecule has 0 aliphatic heterocycles. The highest BCUT2D eigenvalue weighted by molar-refractivity contribution is 6.33. The van der Waals surface area contributed by atoms with Gasteiger partial charge in [0.05, 0.1) is 10.6 Å². The Labute approximate surface area is 163 Å². The number of anilines is 2. The molecule has 6 nitrogen and oxygen atoms in total. The molecule has 1 aromatic carbocycles. The third-order valence-corrected chi connectivity index (χ3v) is 4.26. The van der Waals surface area contributed by atoms with E-state index >= 15 is 0 Å². The maximum absolute atomic E-state index is 8.78. The Hall–Kier alpha value is -3.17. The minimum absolute atomic E-state index is 0.552. The maximum atomic E-state index is 8.78. The fourth-order valence-electron chi connectivity index (χ4n) is 2.47. The molecule has 0 radical (unpaired) electrons. The van der Waals surface area contributed by atoms with Crippen LogP contribution in [0.5, 0.6) is 0 Å². The van der Waals surface area contributed by atoms with Crippen LogP contribution in [-0.2, 0) is 0 Å². The number of halogens is 1. The van der Waals surface area contributed by atoms with Crippen LogP contribution >= 0.6 is 11.6 Å². The molecule has 0 atom stereocenters. The zero-order valence-electron chi connectivity index (χ0n) is 14.9. The lowest BCUT2D eigenvalue weighted by Gasteiger charge is -2.11. The summed E-state index contributed by atoms with van der Waals surface area (Å²) in [6, 6.07) is 13.1. The first-order valence-electron chi connectivity index (χ1n) is 8.60. The molecule has 0 fully saturated rings. The van der Waals surface area contributed by atoms with Crippen LogP contribution in [0.2, 0.25) is 5.02 Å². The predicted octanol–water partition coefficient (Wildman–Crippen LogP) is 4.29. The third-order valence-electron chi connectivity index (χ3n) is 3.93. The summed E-state index contributed by atoms with van der Waals surface area (Å²) in [5.41, 5.74) is 2.35. The third kappa shape index (κ3) is 4.93. The first kappa shape index (κ1) is 18.6. The molecule has 27 heavy (non-hydrogen) atoms. The van der Waals surface area contributed by atoms with Gasteiger partial charge in [-0.05, 0) is 37.6 Å².